The van der Waals surface area contributed by atoms with Crippen molar-refractivity contribution in [2.45, 2.75) is 174 Å². The van der Waals surface area contributed by atoms with E-state index < -0.39 is 32.5 Å². The van der Waals surface area contributed by atoms with Gasteiger partial charge >= 0.3 is 19.8 Å². The Morgan fingerprint density at radius 1 is 0.595 bits per heavy atom. The van der Waals surface area contributed by atoms with Gasteiger partial charge < -0.3 is 19.3 Å². The van der Waals surface area contributed by atoms with Gasteiger partial charge in [0, 0.05) is 12.8 Å². The number of phosphoric ester groups is 1. The van der Waals surface area contributed by atoms with Crippen LogP contribution in [0.5, 0.6) is 0 Å². The molecule has 42 heavy (non-hydrogen) atoms. The molecule has 0 saturated carbocycles. The largest absolute Gasteiger partial charge is 0.469 e. The van der Waals surface area contributed by atoms with Gasteiger partial charge in [0.2, 0.25) is 0 Å². The molecule has 0 aliphatic heterocycles. The third-order valence-corrected chi connectivity index (χ3v) is 7.77. The fraction of sp³-hybridized carbons (Fsp3) is 0.879. The predicted octanol–water partition coefficient (Wildman–Crippen LogP) is 9.51. The Kier molecular flexibility index (Phi) is 29.0. The molecule has 1 atom stereocenters. The lowest BCUT2D eigenvalue weighted by Gasteiger charge is -2.18. The summed E-state index contributed by atoms with van der Waals surface area (Å²) < 4.78 is 26.2. The van der Waals surface area contributed by atoms with Crippen molar-refractivity contribution in [3.8, 4) is 0 Å². The zero-order valence-electron chi connectivity index (χ0n) is 26.9. The van der Waals surface area contributed by atoms with Crippen molar-refractivity contribution in [1.82, 2.24) is 0 Å². The highest BCUT2D eigenvalue weighted by molar-refractivity contribution is 7.46. The Balaban J connectivity index is 4.01. The van der Waals surface area contributed by atoms with Gasteiger partial charge in [-0.1, -0.05) is 129 Å². The quantitative estimate of drug-likeness (QED) is 0.0341. The lowest BCUT2D eigenvalue weighted by molar-refractivity contribution is -0.161. The van der Waals surface area contributed by atoms with Gasteiger partial charge in [-0.15, -0.1) is 0 Å². The lowest BCUT2D eigenvalue weighted by atomic mass is 10.1. The molecule has 0 aliphatic rings. The zero-order valence-corrected chi connectivity index (χ0v) is 27.8. The lowest BCUT2D eigenvalue weighted by Crippen LogP contribution is -2.29. The summed E-state index contributed by atoms with van der Waals surface area (Å²) in [4.78, 5) is 42.5. The number of hydrogen-bond acceptors (Lipinski definition) is 6. The minimum absolute atomic E-state index is 0.205. The average Bonchev–Trinajstić information content (AvgIpc) is 2.95. The van der Waals surface area contributed by atoms with Gasteiger partial charge in [0.1, 0.15) is 6.61 Å². The van der Waals surface area contributed by atoms with Crippen molar-refractivity contribution >= 4 is 19.8 Å². The van der Waals surface area contributed by atoms with Crippen LogP contribution in [0.3, 0.4) is 0 Å². The molecule has 0 saturated heterocycles. The maximum Gasteiger partial charge on any atom is 0.469 e. The van der Waals surface area contributed by atoms with E-state index in [1.165, 1.54) is 83.5 Å². The fourth-order valence-electron chi connectivity index (χ4n) is 4.72. The van der Waals surface area contributed by atoms with Gasteiger partial charge in [-0.05, 0) is 38.5 Å². The van der Waals surface area contributed by atoms with Crippen molar-refractivity contribution in [3.63, 3.8) is 0 Å². The van der Waals surface area contributed by atoms with E-state index in [1.807, 2.05) is 0 Å². The molecule has 0 heterocycles. The van der Waals surface area contributed by atoms with Crippen LogP contribution < -0.4 is 0 Å². The molecule has 0 aromatic heterocycles. The highest BCUT2D eigenvalue weighted by Crippen LogP contribution is 2.35. The standard InChI is InChI=1S/C33H63O8P/c1-3-5-7-9-11-13-15-16-17-18-20-22-24-26-28-33(35)41-31(30-40-42(36,37)38)29-39-32(34)27-25-23-21-19-14-12-10-8-6-4-2/h15-16,31H,3-14,17-30H2,1-2H3,(H2,36,37,38)/b16-15+/t31-/m1/s1. The summed E-state index contributed by atoms with van der Waals surface area (Å²) in [5.41, 5.74) is 0. The zero-order chi connectivity index (χ0) is 31.2. The Morgan fingerprint density at radius 3 is 1.45 bits per heavy atom. The molecule has 0 amide bonds. The number of unbranched alkanes of at least 4 members (excludes halogenated alkanes) is 19. The molecule has 9 heteroatoms. The maximum absolute atomic E-state index is 12.3. The summed E-state index contributed by atoms with van der Waals surface area (Å²) in [6, 6.07) is 0. The number of ether oxygens (including phenoxy) is 2. The molecule has 0 spiro atoms. The van der Waals surface area contributed by atoms with Crippen LogP contribution in [0.1, 0.15) is 168 Å². The van der Waals surface area contributed by atoms with E-state index in [0.717, 1.165) is 51.4 Å². The van der Waals surface area contributed by atoms with Gasteiger partial charge in [0.15, 0.2) is 6.10 Å². The Bertz CT molecular complexity index is 706. The minimum atomic E-state index is -4.74. The first-order valence-corrected chi connectivity index (χ1v) is 18.5. The normalized spacial score (nSPS) is 12.6. The average molecular weight is 619 g/mol. The molecule has 0 unspecified atom stereocenters. The molecule has 2 N–H and O–H groups in total. The van der Waals surface area contributed by atoms with E-state index in [2.05, 4.69) is 30.5 Å². The van der Waals surface area contributed by atoms with Crippen molar-refractivity contribution in [3.05, 3.63) is 12.2 Å². The predicted molar refractivity (Wildman–Crippen MR) is 170 cm³/mol. The van der Waals surface area contributed by atoms with Crippen LogP contribution in [-0.2, 0) is 28.2 Å². The van der Waals surface area contributed by atoms with Gasteiger partial charge in [-0.3, -0.25) is 14.1 Å². The summed E-state index contributed by atoms with van der Waals surface area (Å²) in [6.07, 6.45) is 29.3. The van der Waals surface area contributed by atoms with Crippen LogP contribution in [0.4, 0.5) is 0 Å². The highest BCUT2D eigenvalue weighted by Gasteiger charge is 2.22. The first kappa shape index (κ1) is 40.8. The number of carbonyl (C=O) groups is 2. The first-order valence-electron chi connectivity index (χ1n) is 17.0. The van der Waals surface area contributed by atoms with Crippen LogP contribution >= 0.6 is 7.82 Å². The van der Waals surface area contributed by atoms with Crippen LogP contribution in [0.15, 0.2) is 12.2 Å². The molecule has 0 bridgehead atoms. The molecular weight excluding hydrogens is 555 g/mol. The van der Waals surface area contributed by atoms with Crippen LogP contribution in [0.25, 0.3) is 0 Å². The second-order valence-corrected chi connectivity index (χ2v) is 12.7. The van der Waals surface area contributed by atoms with Crippen LogP contribution in [0.2, 0.25) is 0 Å². The number of phosphoric acid groups is 1. The second kappa shape index (κ2) is 29.8. The molecule has 0 aliphatic carbocycles. The third kappa shape index (κ3) is 31.7. The van der Waals surface area contributed by atoms with E-state index in [4.69, 9.17) is 19.3 Å². The molecular formula is C33H63O8P. The fourth-order valence-corrected chi connectivity index (χ4v) is 5.08. The van der Waals surface area contributed by atoms with Gasteiger partial charge in [0.05, 0.1) is 6.61 Å². The number of esters is 2. The summed E-state index contributed by atoms with van der Waals surface area (Å²) in [5.74, 6) is -0.893. The van der Waals surface area contributed by atoms with E-state index in [0.29, 0.717) is 6.42 Å². The van der Waals surface area contributed by atoms with Gasteiger partial charge in [-0.2, -0.15) is 0 Å². The molecule has 0 radical (unpaired) electrons. The van der Waals surface area contributed by atoms with Gasteiger partial charge in [0.25, 0.3) is 0 Å². The molecule has 0 aromatic rings. The van der Waals surface area contributed by atoms with E-state index >= 15 is 0 Å². The molecule has 0 aromatic carbocycles. The highest BCUT2D eigenvalue weighted by atomic mass is 31.2. The van der Waals surface area contributed by atoms with Crippen LogP contribution in [0, 0.1) is 0 Å². The number of carbonyl (C=O) groups excluding carboxylic acids is 2. The van der Waals surface area contributed by atoms with Crippen molar-refractivity contribution < 1.29 is 37.9 Å². The SMILES string of the molecule is CCCCCCC/C=C/CCCCCCCC(=O)O[C@H](COC(=O)CCCCCCCCCCCC)COP(=O)(O)O. The molecule has 8 nitrogen and oxygen atoms in total. The Hall–Kier alpha value is -1.21. The molecule has 0 rings (SSSR count). The topological polar surface area (TPSA) is 119 Å². The van der Waals surface area contributed by atoms with Crippen molar-refractivity contribution in [2.24, 2.45) is 0 Å². The van der Waals surface area contributed by atoms with Crippen molar-refractivity contribution in [2.75, 3.05) is 13.2 Å². The maximum atomic E-state index is 12.3. The summed E-state index contributed by atoms with van der Waals surface area (Å²) in [7, 11) is -4.74. The van der Waals surface area contributed by atoms with E-state index in [-0.39, 0.29) is 19.4 Å². The van der Waals surface area contributed by atoms with Crippen molar-refractivity contribution in [1.29, 1.82) is 0 Å². The first-order chi connectivity index (χ1) is 20.3. The third-order valence-electron chi connectivity index (χ3n) is 7.28. The smallest absolute Gasteiger partial charge is 0.462 e. The Morgan fingerprint density at radius 2 is 1.00 bits per heavy atom. The second-order valence-electron chi connectivity index (χ2n) is 11.5. The molecule has 0 fully saturated rings. The number of rotatable bonds is 31. The Labute approximate surface area is 257 Å². The van der Waals surface area contributed by atoms with Gasteiger partial charge in [-0.25, -0.2) is 4.57 Å². The monoisotopic (exact) mass is 618 g/mol. The minimum Gasteiger partial charge on any atom is -0.462 e. The summed E-state index contributed by atoms with van der Waals surface area (Å²) in [5, 5.41) is 0. The summed E-state index contributed by atoms with van der Waals surface area (Å²) in [6.45, 7) is 3.63. The summed E-state index contributed by atoms with van der Waals surface area (Å²) >= 11 is 0. The van der Waals surface area contributed by atoms with E-state index in [9.17, 15) is 14.2 Å². The van der Waals surface area contributed by atoms with E-state index in [1.54, 1.807) is 0 Å². The van der Waals surface area contributed by atoms with Crippen LogP contribution in [-0.4, -0.2) is 41.0 Å². The molecule has 248 valence electrons. The number of hydrogen-bond donors (Lipinski definition) is 2. The number of allylic oxidation sites excluding steroid dienone is 2.